The summed E-state index contributed by atoms with van der Waals surface area (Å²) in [4.78, 5) is 0. The average molecular weight is 133 g/mol. The molecular weight excluding hydrogens is 130 g/mol. The van der Waals surface area contributed by atoms with Gasteiger partial charge in [-0.2, -0.15) is 10.5 Å². The largest absolute Gasteiger partial charge is 0.265 e. The van der Waals surface area contributed by atoms with Crippen molar-refractivity contribution in [1.82, 2.24) is 0 Å². The van der Waals surface area contributed by atoms with Crippen LogP contribution >= 0.6 is 24.6 Å². The van der Waals surface area contributed by atoms with E-state index in [1.807, 2.05) is 0 Å². The van der Waals surface area contributed by atoms with E-state index in [9.17, 15) is 0 Å². The third-order valence-corrected chi connectivity index (χ3v) is 0.158. The summed E-state index contributed by atoms with van der Waals surface area (Å²) >= 11 is 3.76. The lowest BCUT2D eigenvalue weighted by Gasteiger charge is -1.50. The Morgan fingerprint density at radius 2 is 1.71 bits per heavy atom. The summed E-state index contributed by atoms with van der Waals surface area (Å²) in [6, 6.07) is 0. The molecule has 0 heterocycles. The normalized spacial score (nSPS) is 4.00. The predicted octanol–water partition coefficient (Wildman–Crippen LogP) is 0.472. The van der Waals surface area contributed by atoms with E-state index in [-0.39, 0.29) is 0 Å². The van der Waals surface area contributed by atoms with E-state index in [2.05, 4.69) is 17.8 Å². The smallest absolute Gasteiger partial charge is 0.149 e. The Morgan fingerprint density at radius 1 is 1.57 bits per heavy atom. The maximum Gasteiger partial charge on any atom is 0.149 e. The van der Waals surface area contributed by atoms with Gasteiger partial charge in [-0.1, -0.05) is 12.6 Å². The molecule has 0 bridgehead atoms. The number of thiocyanates is 2. The van der Waals surface area contributed by atoms with E-state index in [0.717, 1.165) is 0 Å². The summed E-state index contributed by atoms with van der Waals surface area (Å²) < 4.78 is 0. The average Bonchev–Trinajstić information content (AvgIpc) is 1.69. The van der Waals surface area contributed by atoms with Crippen molar-refractivity contribution < 1.29 is 0 Å². The van der Waals surface area contributed by atoms with Gasteiger partial charge in [-0.25, -0.2) is 0 Å². The van der Waals surface area contributed by atoms with Gasteiger partial charge in [0.05, 0.1) is 0 Å². The fraction of sp³-hybridized carbons (Fsp3) is 0. The molecule has 0 saturated heterocycles. The van der Waals surface area contributed by atoms with Crippen molar-refractivity contribution in [3.8, 4) is 10.8 Å². The van der Waals surface area contributed by atoms with Crippen LogP contribution in [0.4, 0.5) is 0 Å². The van der Waals surface area contributed by atoms with Crippen LogP contribution in [0.25, 0.3) is 0 Å². The zero-order valence-corrected chi connectivity index (χ0v) is 5.04. The van der Waals surface area contributed by atoms with Crippen LogP contribution < -0.4 is 5.14 Å². The number of thiol groups is 1. The number of nitriles is 2. The molecule has 0 fully saturated rings. The van der Waals surface area contributed by atoms with Gasteiger partial charge < -0.3 is 0 Å². The molecule has 7 heavy (non-hydrogen) atoms. The summed E-state index contributed by atoms with van der Waals surface area (Å²) in [5.41, 5.74) is 0. The second kappa shape index (κ2) is 17.4. The molecular formula is C2H3N3S2. The van der Waals surface area contributed by atoms with Gasteiger partial charge >= 0.3 is 0 Å². The maximum absolute atomic E-state index is 7.46. The first-order chi connectivity index (χ1) is 3.33. The van der Waals surface area contributed by atoms with Gasteiger partial charge in [0.25, 0.3) is 0 Å². The van der Waals surface area contributed by atoms with Crippen molar-refractivity contribution in [3.05, 3.63) is 0 Å². The van der Waals surface area contributed by atoms with Crippen LogP contribution in [0.1, 0.15) is 0 Å². The number of rotatable bonds is 0. The van der Waals surface area contributed by atoms with Crippen LogP contribution in [0.5, 0.6) is 0 Å². The Hall–Kier alpha value is -0.360. The van der Waals surface area contributed by atoms with Crippen molar-refractivity contribution >= 4 is 24.6 Å². The fourth-order valence-electron chi connectivity index (χ4n) is 0. The van der Waals surface area contributed by atoms with Crippen LogP contribution in [0.2, 0.25) is 0 Å². The minimum Gasteiger partial charge on any atom is -0.265 e. The highest BCUT2D eigenvalue weighted by atomic mass is 32.2. The van der Waals surface area contributed by atoms with Crippen LogP contribution in [0.15, 0.2) is 0 Å². The lowest BCUT2D eigenvalue weighted by atomic mass is 11.8. The zero-order valence-electron chi connectivity index (χ0n) is 3.33. The molecule has 0 atom stereocenters. The monoisotopic (exact) mass is 133 g/mol. The third-order valence-electron chi connectivity index (χ3n) is 0.0527. The van der Waals surface area contributed by atoms with Crippen LogP contribution in [-0.2, 0) is 0 Å². The van der Waals surface area contributed by atoms with E-state index in [4.69, 9.17) is 10.5 Å². The molecule has 0 aliphatic heterocycles. The van der Waals surface area contributed by atoms with Gasteiger partial charge in [0.1, 0.15) is 10.8 Å². The quantitative estimate of drug-likeness (QED) is 0.286. The first-order valence-electron chi connectivity index (χ1n) is 1.11. The predicted molar refractivity (Wildman–Crippen MR) is 32.0 cm³/mol. The highest BCUT2D eigenvalue weighted by Gasteiger charge is 1.49. The Morgan fingerprint density at radius 3 is 1.71 bits per heavy atom. The first-order valence-corrected chi connectivity index (χ1v) is 2.44. The SMILES string of the molecule is N#CS.N#CSN. The summed E-state index contributed by atoms with van der Waals surface area (Å²) in [5, 5.41) is 22.3. The Kier molecular flexibility index (Phi) is 24.4. The molecule has 0 amide bonds. The second-order valence-electron chi connectivity index (χ2n) is 0.309. The molecule has 0 spiro atoms. The zero-order chi connectivity index (χ0) is 6.12. The lowest BCUT2D eigenvalue weighted by Crippen LogP contribution is -1.64. The number of nitrogens with two attached hydrogens (primary N) is 1. The molecule has 0 saturated carbocycles. The Labute approximate surface area is 51.6 Å². The van der Waals surface area contributed by atoms with Crippen molar-refractivity contribution in [3.63, 3.8) is 0 Å². The molecule has 0 aromatic heterocycles. The highest BCUT2D eigenvalue weighted by Crippen LogP contribution is 1.69. The summed E-state index contributed by atoms with van der Waals surface area (Å²) in [5.74, 6) is 0. The molecule has 5 heteroatoms. The van der Waals surface area contributed by atoms with Crippen LogP contribution in [-0.4, -0.2) is 0 Å². The van der Waals surface area contributed by atoms with Gasteiger partial charge in [0, 0.05) is 11.9 Å². The van der Waals surface area contributed by atoms with Gasteiger partial charge in [-0.15, -0.1) is 0 Å². The fourth-order valence-corrected chi connectivity index (χ4v) is 0. The van der Waals surface area contributed by atoms with Crippen LogP contribution in [0, 0.1) is 21.3 Å². The topological polar surface area (TPSA) is 73.6 Å². The second-order valence-corrected chi connectivity index (χ2v) is 0.927. The van der Waals surface area contributed by atoms with Gasteiger partial charge in [0.15, 0.2) is 0 Å². The molecule has 0 aliphatic carbocycles. The van der Waals surface area contributed by atoms with Gasteiger partial charge in [-0.05, 0) is 0 Å². The minimum absolute atomic E-state index is 0.662. The third kappa shape index (κ3) is 182. The van der Waals surface area contributed by atoms with Gasteiger partial charge in [0.2, 0.25) is 0 Å². The number of hydrogen-bond acceptors (Lipinski definition) is 5. The summed E-state index contributed by atoms with van der Waals surface area (Å²) in [6.07, 6.45) is 0. The van der Waals surface area contributed by atoms with E-state index < -0.39 is 0 Å². The maximum atomic E-state index is 7.46. The number of nitrogens with zero attached hydrogens (tertiary/aromatic N) is 2. The molecule has 0 aliphatic rings. The van der Waals surface area contributed by atoms with E-state index in [1.165, 1.54) is 5.40 Å². The first kappa shape index (κ1) is 9.81. The van der Waals surface area contributed by atoms with E-state index in [1.54, 1.807) is 5.40 Å². The van der Waals surface area contributed by atoms with Crippen molar-refractivity contribution in [2.75, 3.05) is 0 Å². The molecule has 2 N–H and O–H groups in total. The van der Waals surface area contributed by atoms with Crippen molar-refractivity contribution in [2.24, 2.45) is 5.14 Å². The van der Waals surface area contributed by atoms with E-state index >= 15 is 0 Å². The molecule has 0 aromatic rings. The minimum atomic E-state index is 0.662. The van der Waals surface area contributed by atoms with Crippen molar-refractivity contribution in [1.29, 1.82) is 10.5 Å². The molecule has 38 valence electrons. The molecule has 0 aromatic carbocycles. The Bertz CT molecular complexity index is 88.1. The van der Waals surface area contributed by atoms with Crippen LogP contribution in [0.3, 0.4) is 0 Å². The number of hydrogen-bond donors (Lipinski definition) is 2. The molecule has 0 unspecified atom stereocenters. The van der Waals surface area contributed by atoms with Crippen molar-refractivity contribution in [2.45, 2.75) is 0 Å². The molecule has 0 radical (unpaired) electrons. The molecule has 3 nitrogen and oxygen atoms in total. The lowest BCUT2D eigenvalue weighted by molar-refractivity contribution is 1.57. The Balaban J connectivity index is 0. The highest BCUT2D eigenvalue weighted by molar-refractivity contribution is 8.01. The van der Waals surface area contributed by atoms with E-state index in [0.29, 0.717) is 11.9 Å². The standard InChI is InChI=1S/CH2N2S.CHNS/c2-1-4-3;2-1-3/h3H2;3H. The summed E-state index contributed by atoms with van der Waals surface area (Å²) in [6.45, 7) is 0. The molecule has 0 rings (SSSR count). The van der Waals surface area contributed by atoms with Gasteiger partial charge in [-0.3, -0.25) is 5.14 Å². The summed E-state index contributed by atoms with van der Waals surface area (Å²) in [7, 11) is 0.